The molecule has 5 aromatic rings. The molecule has 5 rings (SSSR count). The number of fused-ring (bicyclic) bond motifs is 2. The molecule has 0 fully saturated rings. The van der Waals surface area contributed by atoms with E-state index in [1.165, 1.54) is 0 Å². The van der Waals surface area contributed by atoms with E-state index in [4.69, 9.17) is 51.4 Å². The molecule has 0 spiro atoms. The van der Waals surface area contributed by atoms with Gasteiger partial charge in [0.05, 0.1) is 10.6 Å². The summed E-state index contributed by atoms with van der Waals surface area (Å²) in [7, 11) is 0. The molecule has 5 nitrogen and oxygen atoms in total. The Balaban J connectivity index is 1.35. The van der Waals surface area contributed by atoms with Crippen molar-refractivity contribution in [3.05, 3.63) is 93.4 Å². The van der Waals surface area contributed by atoms with Crippen LogP contribution in [0.4, 0.5) is 5.69 Å². The van der Waals surface area contributed by atoms with Crippen molar-refractivity contribution in [1.82, 2.24) is 10.3 Å². The van der Waals surface area contributed by atoms with Crippen molar-refractivity contribution >= 4 is 85.6 Å². The Morgan fingerprint density at radius 1 is 0.882 bits per heavy atom. The van der Waals surface area contributed by atoms with Gasteiger partial charge in [0, 0.05) is 26.7 Å². The van der Waals surface area contributed by atoms with Crippen molar-refractivity contribution in [3.8, 4) is 11.5 Å². The smallest absolute Gasteiger partial charge is 0.258 e. The highest BCUT2D eigenvalue weighted by atomic mass is 35.5. The van der Waals surface area contributed by atoms with Crippen molar-refractivity contribution in [3.63, 3.8) is 0 Å². The minimum absolute atomic E-state index is 0.144. The molecule has 2 N–H and O–H groups in total. The Morgan fingerprint density at radius 2 is 1.68 bits per heavy atom. The second-order valence-corrected chi connectivity index (χ2v) is 9.03. The monoisotopic (exact) mass is 525 g/mol. The zero-order valence-electron chi connectivity index (χ0n) is 17.2. The van der Waals surface area contributed by atoms with E-state index in [2.05, 4.69) is 15.6 Å². The molecule has 34 heavy (non-hydrogen) atoms. The lowest BCUT2D eigenvalue weighted by Gasteiger charge is -2.11. The summed E-state index contributed by atoms with van der Waals surface area (Å²) in [5.74, 6) is 0.0101. The van der Waals surface area contributed by atoms with Gasteiger partial charge in [-0.05, 0) is 66.1 Å². The highest BCUT2D eigenvalue weighted by Crippen LogP contribution is 2.33. The number of carbonyl (C=O) groups excluding carboxylic acids is 1. The average Bonchev–Trinajstić information content (AvgIpc) is 3.23. The lowest BCUT2D eigenvalue weighted by molar-refractivity contribution is 0.0979. The van der Waals surface area contributed by atoms with Crippen LogP contribution in [0.2, 0.25) is 15.1 Å². The third-order valence-corrected chi connectivity index (χ3v) is 6.24. The van der Waals surface area contributed by atoms with E-state index in [9.17, 15) is 4.79 Å². The lowest BCUT2D eigenvalue weighted by atomic mass is 10.0. The number of nitrogens with zero attached hydrogens (tertiary/aromatic N) is 1. The Kier molecular flexibility index (Phi) is 6.15. The molecular weight excluding hydrogens is 513 g/mol. The summed E-state index contributed by atoms with van der Waals surface area (Å²) >= 11 is 24.0. The number of rotatable bonds is 3. The number of thiocarbonyl (C=S) groups is 1. The predicted octanol–water partition coefficient (Wildman–Crippen LogP) is 7.74. The number of oxazole rings is 1. The number of carbonyl (C=O) groups is 1. The number of halogens is 3. The quantitative estimate of drug-likeness (QED) is 0.235. The molecule has 168 valence electrons. The molecule has 0 saturated carbocycles. The summed E-state index contributed by atoms with van der Waals surface area (Å²) in [5.41, 5.74) is 2.86. The van der Waals surface area contributed by atoms with Crippen LogP contribution >= 0.6 is 47.0 Å². The molecule has 1 aromatic heterocycles. The van der Waals surface area contributed by atoms with Gasteiger partial charge < -0.3 is 9.73 Å². The number of hydrogen-bond acceptors (Lipinski definition) is 4. The SMILES string of the molecule is O=C(NC(=S)Nc1ccc2oc(-c3cc(Cl)ccc3Cl)nc2c1)c1cccc2c(Cl)cccc12. The Labute approximate surface area is 214 Å². The first-order valence-electron chi connectivity index (χ1n) is 10.0. The van der Waals surface area contributed by atoms with Crippen LogP contribution in [0, 0.1) is 0 Å². The topological polar surface area (TPSA) is 67.2 Å². The van der Waals surface area contributed by atoms with Crippen molar-refractivity contribution in [2.75, 3.05) is 5.32 Å². The first-order chi connectivity index (χ1) is 16.4. The van der Waals surface area contributed by atoms with Crippen LogP contribution in [0.3, 0.4) is 0 Å². The molecule has 0 aliphatic rings. The summed E-state index contributed by atoms with van der Waals surface area (Å²) < 4.78 is 5.83. The van der Waals surface area contributed by atoms with Crippen molar-refractivity contribution < 1.29 is 9.21 Å². The van der Waals surface area contributed by atoms with E-state index >= 15 is 0 Å². The molecule has 0 saturated heterocycles. The summed E-state index contributed by atoms with van der Waals surface area (Å²) in [6, 6.07) is 21.2. The highest BCUT2D eigenvalue weighted by Gasteiger charge is 2.15. The largest absolute Gasteiger partial charge is 0.436 e. The number of nitrogens with one attached hydrogen (secondary N) is 2. The van der Waals surface area contributed by atoms with E-state index in [1.54, 1.807) is 60.7 Å². The minimum Gasteiger partial charge on any atom is -0.436 e. The minimum atomic E-state index is -0.342. The number of aromatic nitrogens is 1. The van der Waals surface area contributed by atoms with Crippen LogP contribution in [-0.2, 0) is 0 Å². The Hall–Kier alpha value is -3.16. The number of hydrogen-bond donors (Lipinski definition) is 2. The van der Waals surface area contributed by atoms with Crippen molar-refractivity contribution in [2.24, 2.45) is 0 Å². The van der Waals surface area contributed by atoms with Crippen LogP contribution in [-0.4, -0.2) is 16.0 Å². The summed E-state index contributed by atoms with van der Waals surface area (Å²) in [4.78, 5) is 17.4. The number of anilines is 1. The van der Waals surface area contributed by atoms with Gasteiger partial charge in [-0.2, -0.15) is 0 Å². The average molecular weight is 527 g/mol. The first kappa shape index (κ1) is 22.6. The zero-order chi connectivity index (χ0) is 23.8. The second-order valence-electron chi connectivity index (χ2n) is 7.37. The summed E-state index contributed by atoms with van der Waals surface area (Å²) in [6.07, 6.45) is 0. The van der Waals surface area contributed by atoms with Crippen molar-refractivity contribution in [1.29, 1.82) is 0 Å². The van der Waals surface area contributed by atoms with Gasteiger partial charge >= 0.3 is 0 Å². The van der Waals surface area contributed by atoms with Gasteiger partial charge in [-0.15, -0.1) is 0 Å². The fourth-order valence-corrected chi connectivity index (χ4v) is 4.40. The van der Waals surface area contributed by atoms with Crippen LogP contribution in [0.5, 0.6) is 0 Å². The Bertz CT molecular complexity index is 1600. The van der Waals surface area contributed by atoms with Gasteiger partial charge in [0.2, 0.25) is 5.89 Å². The second kappa shape index (κ2) is 9.24. The molecule has 0 atom stereocenters. The first-order valence-corrected chi connectivity index (χ1v) is 11.6. The molecular formula is C25H14Cl3N3O2S. The summed E-state index contributed by atoms with van der Waals surface area (Å²) in [6.45, 7) is 0. The van der Waals surface area contributed by atoms with Crippen molar-refractivity contribution in [2.45, 2.75) is 0 Å². The molecule has 1 heterocycles. The molecule has 0 unspecified atom stereocenters. The normalized spacial score (nSPS) is 11.0. The van der Waals surface area contributed by atoms with E-state index in [-0.39, 0.29) is 11.0 Å². The molecule has 0 aliphatic heterocycles. The van der Waals surface area contributed by atoms with Crippen LogP contribution in [0.25, 0.3) is 33.3 Å². The van der Waals surface area contributed by atoms with Gasteiger partial charge in [0.25, 0.3) is 5.91 Å². The third kappa shape index (κ3) is 4.45. The molecule has 0 aliphatic carbocycles. The Morgan fingerprint density at radius 3 is 2.53 bits per heavy atom. The maximum absolute atomic E-state index is 12.9. The lowest BCUT2D eigenvalue weighted by Crippen LogP contribution is -2.34. The van der Waals surface area contributed by atoms with Crippen LogP contribution in [0.1, 0.15) is 10.4 Å². The predicted molar refractivity (Wildman–Crippen MR) is 142 cm³/mol. The zero-order valence-corrected chi connectivity index (χ0v) is 20.3. The van der Waals surface area contributed by atoms with E-state index in [1.807, 2.05) is 12.1 Å². The molecule has 0 radical (unpaired) electrons. The van der Waals surface area contributed by atoms with E-state index in [0.29, 0.717) is 48.9 Å². The fraction of sp³-hybridized carbons (Fsp3) is 0. The van der Waals surface area contributed by atoms with Crippen LogP contribution < -0.4 is 10.6 Å². The molecule has 9 heteroatoms. The van der Waals surface area contributed by atoms with Gasteiger partial charge in [0.15, 0.2) is 10.7 Å². The maximum Gasteiger partial charge on any atom is 0.258 e. The third-order valence-electron chi connectivity index (χ3n) is 5.14. The van der Waals surface area contributed by atoms with Gasteiger partial charge in [-0.3, -0.25) is 10.1 Å². The number of amides is 1. The molecule has 4 aromatic carbocycles. The van der Waals surface area contributed by atoms with Gasteiger partial charge in [-0.25, -0.2) is 4.98 Å². The highest BCUT2D eigenvalue weighted by molar-refractivity contribution is 7.80. The standard InChI is InChI=1S/C25H14Cl3N3O2S/c26-13-7-9-20(28)18(11-13)24-30-21-12-14(8-10-22(21)33-24)29-25(34)31-23(32)17-5-1-4-16-15(17)3-2-6-19(16)27/h1-12H,(H2,29,31,32,34). The number of benzene rings is 4. The van der Waals surface area contributed by atoms with Crippen LogP contribution in [0.15, 0.2) is 77.2 Å². The molecule has 0 bridgehead atoms. The van der Waals surface area contributed by atoms with E-state index < -0.39 is 0 Å². The fourth-order valence-electron chi connectivity index (χ4n) is 3.58. The van der Waals surface area contributed by atoms with E-state index in [0.717, 1.165) is 10.8 Å². The maximum atomic E-state index is 12.9. The molecule has 1 amide bonds. The van der Waals surface area contributed by atoms with Gasteiger partial charge in [0.1, 0.15) is 5.52 Å². The van der Waals surface area contributed by atoms with Gasteiger partial charge in [-0.1, -0.05) is 59.1 Å². The summed E-state index contributed by atoms with van der Waals surface area (Å²) in [5, 5.41) is 8.98.